The Morgan fingerprint density at radius 1 is 1.40 bits per heavy atom. The first kappa shape index (κ1) is 12.4. The van der Waals surface area contributed by atoms with E-state index >= 15 is 0 Å². The molecule has 0 fully saturated rings. The maximum atomic E-state index is 10.8. The Balaban J connectivity index is 2.88. The van der Waals surface area contributed by atoms with Crippen LogP contribution < -0.4 is 0 Å². The van der Waals surface area contributed by atoms with Gasteiger partial charge < -0.3 is 9.79 Å². The molecule has 84 valence electrons. The van der Waals surface area contributed by atoms with Gasteiger partial charge in [-0.1, -0.05) is 38.1 Å². The molecule has 1 aromatic rings. The normalized spacial score (nSPS) is 13.9. The lowest BCUT2D eigenvalue weighted by Gasteiger charge is -2.11. The fourth-order valence-corrected chi connectivity index (χ4v) is 2.14. The van der Waals surface area contributed by atoms with E-state index in [1.807, 2.05) is 18.2 Å². The summed E-state index contributed by atoms with van der Waals surface area (Å²) in [6, 6.07) is 7.49. The summed E-state index contributed by atoms with van der Waals surface area (Å²) in [7, 11) is -3.95. The summed E-state index contributed by atoms with van der Waals surface area (Å²) in [6.07, 6.45) is 0.858. The lowest BCUT2D eigenvalue weighted by molar-refractivity contribution is 0.371. The van der Waals surface area contributed by atoms with Crippen LogP contribution in [0.4, 0.5) is 0 Å². The highest BCUT2D eigenvalue weighted by Crippen LogP contribution is 2.39. The molecule has 3 nitrogen and oxygen atoms in total. The molecular formula is C11H17O3P. The van der Waals surface area contributed by atoms with E-state index in [0.29, 0.717) is 11.5 Å². The van der Waals surface area contributed by atoms with Gasteiger partial charge in [0.25, 0.3) is 0 Å². The average molecular weight is 228 g/mol. The van der Waals surface area contributed by atoms with Crippen LogP contribution in [0.5, 0.6) is 0 Å². The summed E-state index contributed by atoms with van der Waals surface area (Å²) in [4.78, 5) is 17.7. The first-order chi connectivity index (χ1) is 6.92. The van der Waals surface area contributed by atoms with E-state index < -0.39 is 7.60 Å². The molecule has 1 rings (SSSR count). The molecule has 0 saturated carbocycles. The van der Waals surface area contributed by atoms with Crippen LogP contribution in [-0.2, 0) is 10.7 Å². The van der Waals surface area contributed by atoms with Crippen molar-refractivity contribution in [1.82, 2.24) is 0 Å². The van der Waals surface area contributed by atoms with Crippen LogP contribution in [0.1, 0.15) is 37.3 Å². The van der Waals surface area contributed by atoms with Crippen molar-refractivity contribution in [2.24, 2.45) is 0 Å². The van der Waals surface area contributed by atoms with Crippen LogP contribution in [0.2, 0.25) is 0 Å². The maximum Gasteiger partial charge on any atom is 0.329 e. The third kappa shape index (κ3) is 4.17. The summed E-state index contributed by atoms with van der Waals surface area (Å²) >= 11 is 0. The number of benzene rings is 1. The number of rotatable bonds is 4. The summed E-state index contributed by atoms with van der Waals surface area (Å²) in [5.41, 5.74) is 1.85. The summed E-state index contributed by atoms with van der Waals surface area (Å²) < 4.78 is 10.8. The van der Waals surface area contributed by atoms with Gasteiger partial charge >= 0.3 is 7.60 Å². The topological polar surface area (TPSA) is 57.5 Å². The van der Waals surface area contributed by atoms with Crippen LogP contribution in [0.25, 0.3) is 0 Å². The average Bonchev–Trinajstić information content (AvgIpc) is 2.14. The van der Waals surface area contributed by atoms with Crippen molar-refractivity contribution in [2.45, 2.75) is 32.3 Å². The quantitative estimate of drug-likeness (QED) is 0.779. The monoisotopic (exact) mass is 228 g/mol. The zero-order valence-corrected chi connectivity index (χ0v) is 9.95. The molecule has 0 saturated heterocycles. The second kappa shape index (κ2) is 4.93. The minimum atomic E-state index is -3.95. The fourth-order valence-electron chi connectivity index (χ4n) is 1.47. The molecule has 4 heteroatoms. The van der Waals surface area contributed by atoms with E-state index in [0.717, 1.165) is 12.0 Å². The zero-order chi connectivity index (χ0) is 11.5. The Hall–Kier alpha value is -0.630. The van der Waals surface area contributed by atoms with Gasteiger partial charge in [0, 0.05) is 0 Å². The second-order valence-corrected chi connectivity index (χ2v) is 5.52. The van der Waals surface area contributed by atoms with Crippen molar-refractivity contribution < 1.29 is 14.4 Å². The molecule has 1 unspecified atom stereocenters. The van der Waals surface area contributed by atoms with Crippen molar-refractivity contribution in [3.63, 3.8) is 0 Å². The molecule has 0 aliphatic heterocycles. The maximum absolute atomic E-state index is 10.8. The standard InChI is InChI=1S/C11H17O3P/c1-3-9(2)11-6-4-5-10(7-11)8-15(12,13)14/h4-7,9H,3,8H2,1-2H3,(H2,12,13,14). The predicted molar refractivity (Wildman–Crippen MR) is 60.9 cm³/mol. The molecule has 1 atom stereocenters. The van der Waals surface area contributed by atoms with Gasteiger partial charge in [-0.2, -0.15) is 0 Å². The van der Waals surface area contributed by atoms with E-state index in [4.69, 9.17) is 9.79 Å². The fraction of sp³-hybridized carbons (Fsp3) is 0.455. The van der Waals surface area contributed by atoms with E-state index in [-0.39, 0.29) is 6.16 Å². The Labute approximate surface area is 90.3 Å². The largest absolute Gasteiger partial charge is 0.329 e. The SMILES string of the molecule is CCC(C)c1cccc(CP(=O)(O)O)c1. The molecule has 0 radical (unpaired) electrons. The van der Waals surface area contributed by atoms with Crippen LogP contribution >= 0.6 is 7.60 Å². The summed E-state index contributed by atoms with van der Waals surface area (Å²) in [6.45, 7) is 4.21. The molecule has 0 aromatic heterocycles. The van der Waals surface area contributed by atoms with Gasteiger partial charge in [-0.25, -0.2) is 0 Å². The molecule has 15 heavy (non-hydrogen) atoms. The third-order valence-corrected chi connectivity index (χ3v) is 3.30. The highest BCUT2D eigenvalue weighted by Gasteiger charge is 2.14. The van der Waals surface area contributed by atoms with Crippen LogP contribution in [0.3, 0.4) is 0 Å². The predicted octanol–water partition coefficient (Wildman–Crippen LogP) is 2.88. The lowest BCUT2D eigenvalue weighted by Crippen LogP contribution is -1.94. The second-order valence-electron chi connectivity index (χ2n) is 3.88. The zero-order valence-electron chi connectivity index (χ0n) is 9.05. The Kier molecular flexibility index (Phi) is 4.09. The molecule has 0 bridgehead atoms. The van der Waals surface area contributed by atoms with Gasteiger partial charge in [-0.05, 0) is 23.5 Å². The van der Waals surface area contributed by atoms with Gasteiger partial charge in [0.05, 0.1) is 6.16 Å². The lowest BCUT2D eigenvalue weighted by atomic mass is 9.97. The van der Waals surface area contributed by atoms with Crippen LogP contribution in [-0.4, -0.2) is 9.79 Å². The Bertz CT molecular complexity index is 370. The highest BCUT2D eigenvalue weighted by atomic mass is 31.2. The molecule has 2 N–H and O–H groups in total. The van der Waals surface area contributed by atoms with Crippen LogP contribution in [0.15, 0.2) is 24.3 Å². The first-order valence-electron chi connectivity index (χ1n) is 5.06. The van der Waals surface area contributed by atoms with Gasteiger partial charge in [0.2, 0.25) is 0 Å². The Morgan fingerprint density at radius 3 is 2.60 bits per heavy atom. The molecule has 0 aliphatic rings. The van der Waals surface area contributed by atoms with Crippen molar-refractivity contribution in [1.29, 1.82) is 0 Å². The first-order valence-corrected chi connectivity index (χ1v) is 6.85. The smallest absolute Gasteiger partial charge is 0.324 e. The van der Waals surface area contributed by atoms with E-state index in [9.17, 15) is 4.57 Å². The summed E-state index contributed by atoms with van der Waals surface area (Å²) in [5, 5.41) is 0. The molecule has 0 spiro atoms. The number of hydrogen-bond acceptors (Lipinski definition) is 1. The molecule has 0 amide bonds. The van der Waals surface area contributed by atoms with Crippen LogP contribution in [0, 0.1) is 0 Å². The summed E-state index contributed by atoms with van der Waals surface area (Å²) in [5.74, 6) is 0.432. The van der Waals surface area contributed by atoms with Gasteiger partial charge in [0.15, 0.2) is 0 Å². The van der Waals surface area contributed by atoms with Crippen molar-refractivity contribution in [2.75, 3.05) is 0 Å². The van der Waals surface area contributed by atoms with E-state index in [1.165, 1.54) is 0 Å². The number of hydrogen-bond donors (Lipinski definition) is 2. The van der Waals surface area contributed by atoms with Gasteiger partial charge in [-0.15, -0.1) is 0 Å². The highest BCUT2D eigenvalue weighted by molar-refractivity contribution is 7.50. The molecule has 0 aliphatic carbocycles. The molecule has 0 heterocycles. The van der Waals surface area contributed by atoms with Crippen molar-refractivity contribution in [3.8, 4) is 0 Å². The minimum Gasteiger partial charge on any atom is -0.324 e. The van der Waals surface area contributed by atoms with E-state index in [2.05, 4.69) is 13.8 Å². The Morgan fingerprint density at radius 2 is 2.07 bits per heavy atom. The van der Waals surface area contributed by atoms with Gasteiger partial charge in [0.1, 0.15) is 0 Å². The molecular weight excluding hydrogens is 211 g/mol. The minimum absolute atomic E-state index is 0.169. The molecule has 1 aromatic carbocycles. The van der Waals surface area contributed by atoms with Crippen molar-refractivity contribution in [3.05, 3.63) is 35.4 Å². The van der Waals surface area contributed by atoms with Gasteiger partial charge in [-0.3, -0.25) is 4.57 Å². The third-order valence-electron chi connectivity index (χ3n) is 2.52. The van der Waals surface area contributed by atoms with Crippen molar-refractivity contribution >= 4 is 7.60 Å². The van der Waals surface area contributed by atoms with E-state index in [1.54, 1.807) is 6.07 Å².